The van der Waals surface area contributed by atoms with Gasteiger partial charge in [-0.2, -0.15) is 0 Å². The van der Waals surface area contributed by atoms with E-state index in [2.05, 4.69) is 6.58 Å². The highest BCUT2D eigenvalue weighted by Gasteiger charge is 2.20. The average molecular weight is 235 g/mol. The molecular formula is C10H21NO5. The maximum Gasteiger partial charge on any atom is 0.330 e. The molecule has 0 aliphatic heterocycles. The minimum absolute atomic E-state index is 0.176. The predicted molar refractivity (Wildman–Crippen MR) is 59.3 cm³/mol. The summed E-state index contributed by atoms with van der Waals surface area (Å²) in [6, 6.07) is 0. The van der Waals surface area contributed by atoms with Crippen LogP contribution in [0.15, 0.2) is 12.2 Å². The smallest absolute Gasteiger partial charge is 0.330 e. The molecule has 3 unspecified atom stereocenters. The number of aliphatic hydroxyl groups excluding tert-OH is 3. The zero-order valence-electron chi connectivity index (χ0n) is 10.1. The lowest BCUT2D eigenvalue weighted by molar-refractivity contribution is -0.159. The van der Waals surface area contributed by atoms with Crippen molar-refractivity contribution in [2.45, 2.75) is 46.4 Å². The Balaban J connectivity index is 0. The Kier molecular flexibility index (Phi) is 8.97. The second kappa shape index (κ2) is 8.23. The van der Waals surface area contributed by atoms with Crippen LogP contribution in [0.3, 0.4) is 0 Å². The summed E-state index contributed by atoms with van der Waals surface area (Å²) in [5.74, 6) is -0.935. The molecular weight excluding hydrogens is 214 g/mol. The van der Waals surface area contributed by atoms with Crippen molar-refractivity contribution in [2.24, 2.45) is 0 Å². The van der Waals surface area contributed by atoms with Gasteiger partial charge < -0.3 is 20.4 Å². The highest BCUT2D eigenvalue weighted by atomic mass is 16.4. The molecule has 0 heterocycles. The first-order valence-electron chi connectivity index (χ1n) is 4.81. The fourth-order valence-electron chi connectivity index (χ4n) is 0.937. The number of carboxylic acids is 1. The Morgan fingerprint density at radius 2 is 1.25 bits per heavy atom. The van der Waals surface area contributed by atoms with E-state index in [1.807, 2.05) is 0 Å². The maximum absolute atomic E-state index is 9.60. The molecule has 0 aromatic carbocycles. The number of carbonyl (C=O) groups is 1. The second-order valence-electron chi connectivity index (χ2n) is 3.43. The lowest BCUT2D eigenvalue weighted by atomic mass is 10.4. The Hall–Kier alpha value is -0.950. The van der Waals surface area contributed by atoms with Crippen molar-refractivity contribution < 1.29 is 25.2 Å². The molecule has 0 rings (SSSR count). The van der Waals surface area contributed by atoms with E-state index >= 15 is 0 Å². The minimum atomic E-state index is -0.935. The van der Waals surface area contributed by atoms with Gasteiger partial charge in [-0.25, -0.2) is 9.69 Å². The van der Waals surface area contributed by atoms with Gasteiger partial charge in [-0.1, -0.05) is 6.58 Å². The van der Waals surface area contributed by atoms with Gasteiger partial charge in [0, 0.05) is 5.57 Å². The largest absolute Gasteiger partial charge is 0.478 e. The summed E-state index contributed by atoms with van der Waals surface area (Å²) in [7, 11) is 0. The fourth-order valence-corrected chi connectivity index (χ4v) is 0.937. The van der Waals surface area contributed by atoms with Crippen molar-refractivity contribution in [3.8, 4) is 0 Å². The lowest BCUT2D eigenvalue weighted by Crippen LogP contribution is -2.45. The Labute approximate surface area is 95.4 Å². The van der Waals surface area contributed by atoms with E-state index in [-0.39, 0.29) is 5.57 Å². The quantitative estimate of drug-likeness (QED) is 0.402. The van der Waals surface area contributed by atoms with Gasteiger partial charge in [0.2, 0.25) is 0 Å². The van der Waals surface area contributed by atoms with E-state index in [0.717, 1.165) is 0 Å². The average Bonchev–Trinajstić information content (AvgIpc) is 2.01. The number of rotatable bonds is 4. The molecule has 16 heavy (non-hydrogen) atoms. The van der Waals surface area contributed by atoms with Gasteiger partial charge in [-0.3, -0.25) is 0 Å². The van der Waals surface area contributed by atoms with Crippen LogP contribution in [0.25, 0.3) is 0 Å². The summed E-state index contributed by atoms with van der Waals surface area (Å²) < 4.78 is 0. The molecule has 0 spiro atoms. The maximum atomic E-state index is 9.60. The van der Waals surface area contributed by atoms with Crippen molar-refractivity contribution in [2.75, 3.05) is 0 Å². The lowest BCUT2D eigenvalue weighted by Gasteiger charge is -2.30. The zero-order valence-corrected chi connectivity index (χ0v) is 10.1. The van der Waals surface area contributed by atoms with E-state index in [1.165, 1.54) is 32.6 Å². The summed E-state index contributed by atoms with van der Waals surface area (Å²) in [5.41, 5.74) is 0.176. The number of hydrogen-bond donors (Lipinski definition) is 4. The first-order valence-corrected chi connectivity index (χ1v) is 4.81. The Morgan fingerprint density at radius 3 is 1.25 bits per heavy atom. The highest BCUT2D eigenvalue weighted by molar-refractivity contribution is 5.84. The van der Waals surface area contributed by atoms with E-state index in [4.69, 9.17) is 20.4 Å². The molecule has 0 aliphatic rings. The van der Waals surface area contributed by atoms with Crippen LogP contribution in [-0.2, 0) is 4.79 Å². The summed E-state index contributed by atoms with van der Waals surface area (Å²) >= 11 is 0. The number of nitrogens with zero attached hydrogens (tertiary/aromatic N) is 1. The summed E-state index contributed by atoms with van der Waals surface area (Å²) in [6.45, 7) is 9.06. The van der Waals surface area contributed by atoms with Crippen LogP contribution in [0, 0.1) is 0 Å². The molecule has 0 bridgehead atoms. The van der Waals surface area contributed by atoms with Crippen molar-refractivity contribution in [1.29, 1.82) is 0 Å². The van der Waals surface area contributed by atoms with Crippen LogP contribution in [0.1, 0.15) is 27.7 Å². The second-order valence-corrected chi connectivity index (χ2v) is 3.43. The van der Waals surface area contributed by atoms with Crippen molar-refractivity contribution in [1.82, 2.24) is 4.90 Å². The number of aliphatic hydroxyl groups is 3. The molecule has 0 radical (unpaired) electrons. The molecule has 0 fully saturated rings. The van der Waals surface area contributed by atoms with Crippen molar-refractivity contribution in [3.05, 3.63) is 12.2 Å². The van der Waals surface area contributed by atoms with Crippen LogP contribution >= 0.6 is 0 Å². The number of aliphatic carboxylic acids is 1. The molecule has 3 atom stereocenters. The first-order chi connectivity index (χ1) is 7.11. The Bertz CT molecular complexity index is 194. The summed E-state index contributed by atoms with van der Waals surface area (Å²) in [5, 5.41) is 34.8. The molecule has 0 aliphatic carbocycles. The molecule has 6 heteroatoms. The molecule has 0 amide bonds. The molecule has 4 N–H and O–H groups in total. The van der Waals surface area contributed by atoms with Crippen molar-refractivity contribution in [3.63, 3.8) is 0 Å². The molecule has 0 saturated heterocycles. The number of carboxylic acid groups (broad SMARTS) is 1. The van der Waals surface area contributed by atoms with Crippen LogP contribution in [0.2, 0.25) is 0 Å². The fraction of sp³-hybridized carbons (Fsp3) is 0.700. The molecule has 0 aromatic rings. The van der Waals surface area contributed by atoms with Gasteiger partial charge in [-0.05, 0) is 27.7 Å². The minimum Gasteiger partial charge on any atom is -0.478 e. The van der Waals surface area contributed by atoms with Gasteiger partial charge in [0.1, 0.15) is 18.7 Å². The third-order valence-electron chi connectivity index (χ3n) is 1.66. The molecule has 0 saturated carbocycles. The predicted octanol–water partition coefficient (Wildman–Crippen LogP) is -0.0496. The summed E-state index contributed by atoms with van der Waals surface area (Å²) in [4.78, 5) is 10.8. The zero-order chi connectivity index (χ0) is 13.5. The van der Waals surface area contributed by atoms with Crippen molar-refractivity contribution >= 4 is 5.97 Å². The number of hydrogen-bond acceptors (Lipinski definition) is 5. The van der Waals surface area contributed by atoms with E-state index in [1.54, 1.807) is 0 Å². The van der Waals surface area contributed by atoms with E-state index in [0.29, 0.717) is 0 Å². The summed E-state index contributed by atoms with van der Waals surface area (Å²) in [6.07, 6.45) is -2.50. The van der Waals surface area contributed by atoms with E-state index < -0.39 is 24.7 Å². The van der Waals surface area contributed by atoms with Crippen LogP contribution in [-0.4, -0.2) is 50.0 Å². The standard InChI is InChI=1S/C6H15NO3.C4H6O2/c1-4(8)7(5(2)9)6(3)10;1-3(2)4(5)6/h4-6,8-10H,1-3H3;1H2,2H3,(H,5,6). The topological polar surface area (TPSA) is 101 Å². The van der Waals surface area contributed by atoms with Gasteiger partial charge in [-0.15, -0.1) is 0 Å². The SMILES string of the molecule is C=C(C)C(=O)O.CC(O)N(C(C)O)C(C)O. The van der Waals surface area contributed by atoms with E-state index in [9.17, 15) is 4.79 Å². The van der Waals surface area contributed by atoms with Crippen LogP contribution < -0.4 is 0 Å². The van der Waals surface area contributed by atoms with Gasteiger partial charge in [0.05, 0.1) is 0 Å². The Morgan fingerprint density at radius 1 is 1.06 bits per heavy atom. The van der Waals surface area contributed by atoms with Gasteiger partial charge in [0.15, 0.2) is 0 Å². The third-order valence-corrected chi connectivity index (χ3v) is 1.66. The van der Waals surface area contributed by atoms with Gasteiger partial charge >= 0.3 is 5.97 Å². The van der Waals surface area contributed by atoms with Crippen LogP contribution in [0.4, 0.5) is 0 Å². The van der Waals surface area contributed by atoms with Gasteiger partial charge in [0.25, 0.3) is 0 Å². The monoisotopic (exact) mass is 235 g/mol. The third kappa shape index (κ3) is 8.37. The highest BCUT2D eigenvalue weighted by Crippen LogP contribution is 2.04. The molecule has 6 nitrogen and oxygen atoms in total. The van der Waals surface area contributed by atoms with Crippen LogP contribution in [0.5, 0.6) is 0 Å². The molecule has 96 valence electrons. The molecule has 0 aromatic heterocycles. The first kappa shape index (κ1) is 17.4. The normalized spacial score (nSPS) is 15.8.